The minimum Gasteiger partial charge on any atom is -0.495 e. The number of hydrogen-bond acceptors (Lipinski definition) is 6. The molecule has 0 saturated carbocycles. The Morgan fingerprint density at radius 3 is 1.33 bits per heavy atom. The van der Waals surface area contributed by atoms with E-state index in [1.54, 1.807) is 0 Å². The number of ether oxygens (including phenoxy) is 3. The van der Waals surface area contributed by atoms with Gasteiger partial charge in [-0.25, -0.2) is 0 Å². The quantitative estimate of drug-likeness (QED) is 0.0294. The first kappa shape index (κ1) is 48.4. The van der Waals surface area contributed by atoms with Gasteiger partial charge in [0.1, 0.15) is 13.2 Å². The molecule has 0 saturated heterocycles. The monoisotopic (exact) mass is 718 g/mol. The van der Waals surface area contributed by atoms with E-state index in [0.29, 0.717) is 12.2 Å². The van der Waals surface area contributed by atoms with Crippen LogP contribution in [0.15, 0.2) is 36.6 Å². The number of allylic oxidation sites excluding steroid dienone is 5. The molecule has 0 aliphatic heterocycles. The van der Waals surface area contributed by atoms with Crippen LogP contribution in [0.3, 0.4) is 0 Å². The van der Waals surface area contributed by atoms with Crippen molar-refractivity contribution in [3.63, 3.8) is 0 Å². The van der Waals surface area contributed by atoms with E-state index in [-0.39, 0.29) is 32.0 Å². The summed E-state index contributed by atoms with van der Waals surface area (Å²) in [5.74, 6) is -0.798. The summed E-state index contributed by atoms with van der Waals surface area (Å²) in [6.07, 6.45) is 41.3. The van der Waals surface area contributed by atoms with Gasteiger partial charge in [-0.1, -0.05) is 147 Å². The predicted molar refractivity (Wildman–Crippen MR) is 213 cm³/mol. The van der Waals surface area contributed by atoms with E-state index in [1.807, 2.05) is 0 Å². The van der Waals surface area contributed by atoms with Gasteiger partial charge in [-0.3, -0.25) is 14.4 Å². The second kappa shape index (κ2) is 38.7. The molecule has 0 aromatic rings. The van der Waals surface area contributed by atoms with Gasteiger partial charge < -0.3 is 19.9 Å². The zero-order chi connectivity index (χ0) is 37.5. The predicted octanol–water partition coefficient (Wildman–Crippen LogP) is 12.3. The van der Waals surface area contributed by atoms with Crippen molar-refractivity contribution in [2.24, 2.45) is 5.73 Å². The highest BCUT2D eigenvalue weighted by Gasteiger charge is 2.19. The third-order valence-electron chi connectivity index (χ3n) is 9.14. The fraction of sp³-hybridized carbons (Fsp3) is 0.795. The normalized spacial score (nSPS) is 12.0. The molecule has 0 aliphatic rings. The minimum atomic E-state index is -0.732. The lowest BCUT2D eigenvalue weighted by molar-refractivity contribution is -0.162. The molecule has 0 aliphatic carbocycles. The first-order chi connectivity index (χ1) is 24.9. The topological polar surface area (TPSA) is 105 Å². The SMILES string of the molecule is C=C(CCCCCCC/C=C\CCCCCCCC)OC[C@@H](COC(=O)CCC(N)=O)OC(=O)CCCCCCC/C=C\CCCCCCCC. The zero-order valence-electron chi connectivity index (χ0n) is 33.2. The second-order valence-electron chi connectivity index (χ2n) is 14.3. The molecule has 0 aromatic carbocycles. The van der Waals surface area contributed by atoms with Crippen LogP contribution in [-0.4, -0.2) is 37.2 Å². The highest BCUT2D eigenvalue weighted by atomic mass is 16.6. The summed E-state index contributed by atoms with van der Waals surface area (Å²) in [6, 6.07) is 0. The lowest BCUT2D eigenvalue weighted by atomic mass is 10.1. The molecule has 7 heteroatoms. The van der Waals surface area contributed by atoms with Crippen molar-refractivity contribution in [2.75, 3.05) is 13.2 Å². The number of carbonyl (C=O) groups excluding carboxylic acids is 3. The summed E-state index contributed by atoms with van der Waals surface area (Å²) < 4.78 is 16.7. The highest BCUT2D eigenvalue weighted by molar-refractivity contribution is 5.79. The van der Waals surface area contributed by atoms with Crippen LogP contribution in [0.4, 0.5) is 0 Å². The maximum Gasteiger partial charge on any atom is 0.306 e. The third kappa shape index (κ3) is 38.5. The number of amides is 1. The van der Waals surface area contributed by atoms with E-state index in [2.05, 4.69) is 44.7 Å². The average Bonchev–Trinajstić information content (AvgIpc) is 3.11. The smallest absolute Gasteiger partial charge is 0.306 e. The van der Waals surface area contributed by atoms with Crippen molar-refractivity contribution in [2.45, 2.75) is 213 Å². The number of hydrogen-bond donors (Lipinski definition) is 1. The molecule has 296 valence electrons. The molecule has 0 aromatic heterocycles. The molecule has 0 rings (SSSR count). The number of nitrogens with two attached hydrogens (primary N) is 1. The van der Waals surface area contributed by atoms with Crippen LogP contribution in [0.2, 0.25) is 0 Å². The minimum absolute atomic E-state index is 0.0745. The second-order valence-corrected chi connectivity index (χ2v) is 14.3. The molecule has 1 atom stereocenters. The summed E-state index contributed by atoms with van der Waals surface area (Å²) in [7, 11) is 0. The Bertz CT molecular complexity index is 898. The molecule has 0 unspecified atom stereocenters. The Hall–Kier alpha value is -2.57. The van der Waals surface area contributed by atoms with Gasteiger partial charge in [0.25, 0.3) is 0 Å². The Balaban J connectivity index is 4.16. The molecule has 51 heavy (non-hydrogen) atoms. The van der Waals surface area contributed by atoms with Crippen molar-refractivity contribution in [3.8, 4) is 0 Å². The van der Waals surface area contributed by atoms with Crippen molar-refractivity contribution in [3.05, 3.63) is 36.6 Å². The molecule has 0 radical (unpaired) electrons. The van der Waals surface area contributed by atoms with E-state index in [4.69, 9.17) is 19.9 Å². The summed E-state index contributed by atoms with van der Waals surface area (Å²) >= 11 is 0. The van der Waals surface area contributed by atoms with Gasteiger partial charge in [0, 0.05) is 19.3 Å². The Kier molecular flexibility index (Phi) is 36.7. The van der Waals surface area contributed by atoms with E-state index >= 15 is 0 Å². The van der Waals surface area contributed by atoms with Gasteiger partial charge in [-0.05, 0) is 64.2 Å². The van der Waals surface area contributed by atoms with Crippen LogP contribution < -0.4 is 5.73 Å². The molecular formula is C44H79NO6. The lowest BCUT2D eigenvalue weighted by Gasteiger charge is -2.19. The highest BCUT2D eigenvalue weighted by Crippen LogP contribution is 2.15. The number of carbonyl (C=O) groups is 3. The van der Waals surface area contributed by atoms with Crippen molar-refractivity contribution in [1.82, 2.24) is 0 Å². The summed E-state index contributed by atoms with van der Waals surface area (Å²) in [5.41, 5.74) is 5.14. The third-order valence-corrected chi connectivity index (χ3v) is 9.14. The number of rotatable bonds is 39. The fourth-order valence-corrected chi connectivity index (χ4v) is 5.86. The average molecular weight is 718 g/mol. The van der Waals surface area contributed by atoms with Crippen molar-refractivity contribution in [1.29, 1.82) is 0 Å². The molecule has 1 amide bonds. The summed E-state index contributed by atoms with van der Waals surface area (Å²) in [5, 5.41) is 0. The summed E-state index contributed by atoms with van der Waals surface area (Å²) in [4.78, 5) is 35.6. The van der Waals surface area contributed by atoms with Crippen molar-refractivity contribution < 1.29 is 28.6 Å². The van der Waals surface area contributed by atoms with E-state index < -0.39 is 18.0 Å². The molecular weight excluding hydrogens is 638 g/mol. The summed E-state index contributed by atoms with van der Waals surface area (Å²) in [6.45, 7) is 8.50. The van der Waals surface area contributed by atoms with Crippen LogP contribution >= 0.6 is 0 Å². The largest absolute Gasteiger partial charge is 0.495 e. The van der Waals surface area contributed by atoms with Gasteiger partial charge >= 0.3 is 11.9 Å². The number of unbranched alkanes of at least 4 members (excludes halogenated alkanes) is 22. The van der Waals surface area contributed by atoms with E-state index in [1.165, 1.54) is 116 Å². The first-order valence-electron chi connectivity index (χ1n) is 21.1. The molecule has 2 N–H and O–H groups in total. The van der Waals surface area contributed by atoms with Gasteiger partial charge in [-0.2, -0.15) is 0 Å². The molecule has 7 nitrogen and oxygen atoms in total. The maximum absolute atomic E-state index is 12.6. The first-order valence-corrected chi connectivity index (χ1v) is 21.1. The van der Waals surface area contributed by atoms with Crippen LogP contribution in [0.1, 0.15) is 206 Å². The lowest BCUT2D eigenvalue weighted by Crippen LogP contribution is -2.30. The van der Waals surface area contributed by atoms with Crippen LogP contribution in [-0.2, 0) is 28.6 Å². The Morgan fingerprint density at radius 1 is 0.490 bits per heavy atom. The Morgan fingerprint density at radius 2 is 0.882 bits per heavy atom. The van der Waals surface area contributed by atoms with Crippen LogP contribution in [0.25, 0.3) is 0 Å². The van der Waals surface area contributed by atoms with Crippen LogP contribution in [0.5, 0.6) is 0 Å². The van der Waals surface area contributed by atoms with Gasteiger partial charge in [-0.15, -0.1) is 0 Å². The number of primary amides is 1. The fourth-order valence-electron chi connectivity index (χ4n) is 5.86. The van der Waals surface area contributed by atoms with E-state index in [0.717, 1.165) is 57.8 Å². The molecule has 0 heterocycles. The molecule has 0 bridgehead atoms. The zero-order valence-corrected chi connectivity index (χ0v) is 33.2. The van der Waals surface area contributed by atoms with E-state index in [9.17, 15) is 14.4 Å². The molecule has 0 fully saturated rings. The van der Waals surface area contributed by atoms with Gasteiger partial charge in [0.05, 0.1) is 12.2 Å². The maximum atomic E-state index is 12.6. The number of esters is 2. The standard InChI is InChI=1S/C44H79NO6/c1-4-6-8-10-12-14-16-18-20-22-24-26-28-30-32-34-40(3)49-38-41(39-50-43(47)37-36-42(45)46)51-44(48)35-33-31-29-27-25-23-21-19-17-15-13-11-9-7-5-2/h18-21,41H,3-17,22-39H2,1-2H3,(H2,45,46)/b20-18-,21-19-/t41-/m0/s1. The van der Waals surface area contributed by atoms with Crippen molar-refractivity contribution >= 4 is 17.8 Å². The molecule has 0 spiro atoms. The Labute approximate surface area is 314 Å². The van der Waals surface area contributed by atoms with Gasteiger partial charge in [0.15, 0.2) is 6.10 Å². The van der Waals surface area contributed by atoms with Crippen LogP contribution in [0, 0.1) is 0 Å². The van der Waals surface area contributed by atoms with Gasteiger partial charge in [0.2, 0.25) is 5.91 Å².